The molecule has 2 nitrogen and oxygen atoms in total. The van der Waals surface area contributed by atoms with Crippen LogP contribution in [0.25, 0.3) is 0 Å². The predicted molar refractivity (Wildman–Crippen MR) is 58.1 cm³/mol. The second kappa shape index (κ2) is 5.58. The first-order valence-corrected chi connectivity index (χ1v) is 8.46. The van der Waals surface area contributed by atoms with Crippen molar-refractivity contribution < 1.29 is 20.3 Å². The molecule has 0 atom stereocenters. The molecule has 0 bridgehead atoms. The van der Waals surface area contributed by atoms with Crippen LogP contribution in [0.5, 0.6) is 0 Å². The van der Waals surface area contributed by atoms with Crippen LogP contribution in [0.4, 0.5) is 0 Å². The maximum Gasteiger partial charge on any atom is 1.00 e. The Labute approximate surface area is 97.4 Å². The van der Waals surface area contributed by atoms with E-state index in [2.05, 4.69) is 36.0 Å². The number of hydrogen-bond acceptors (Lipinski definition) is 2. The Kier molecular flexibility index (Phi) is 5.89. The van der Waals surface area contributed by atoms with Crippen molar-refractivity contribution in [3.63, 3.8) is 0 Å². The van der Waals surface area contributed by atoms with Crippen molar-refractivity contribution in [3.8, 4) is 0 Å². The van der Waals surface area contributed by atoms with Gasteiger partial charge >= 0.3 is 18.9 Å². The third kappa shape index (κ3) is 4.18. The third-order valence-corrected chi connectivity index (χ3v) is 5.11. The van der Waals surface area contributed by atoms with E-state index in [9.17, 15) is 0 Å². The van der Waals surface area contributed by atoms with E-state index in [4.69, 9.17) is 0 Å². The summed E-state index contributed by atoms with van der Waals surface area (Å²) >= 11 is 0. The molecule has 0 unspecified atom stereocenters. The Morgan fingerprint density at radius 3 is 1.85 bits per heavy atom. The molecule has 1 aliphatic rings. The van der Waals surface area contributed by atoms with Crippen LogP contribution in [-0.4, -0.2) is 50.4 Å². The van der Waals surface area contributed by atoms with Crippen molar-refractivity contribution in [2.45, 2.75) is 26.6 Å². The fourth-order valence-corrected chi connectivity index (χ4v) is 3.28. The maximum atomic E-state index is 2.71. The molecule has 1 heterocycles. The quantitative estimate of drug-likeness (QED) is 0.498. The number of piperazine rings is 1. The summed E-state index contributed by atoms with van der Waals surface area (Å²) in [5, 5.41) is 0. The van der Waals surface area contributed by atoms with Gasteiger partial charge in [0, 0.05) is 26.2 Å². The van der Waals surface area contributed by atoms with E-state index in [0.29, 0.717) is 0 Å². The molecule has 0 aliphatic carbocycles. The van der Waals surface area contributed by atoms with Gasteiger partial charge in [-0.2, -0.15) is 0 Å². The van der Waals surface area contributed by atoms with E-state index in [1.54, 1.807) is 0 Å². The van der Waals surface area contributed by atoms with Crippen molar-refractivity contribution in [3.05, 3.63) is 0 Å². The molecule has 4 heteroatoms. The summed E-state index contributed by atoms with van der Waals surface area (Å²) in [6.45, 7) is 15.9. The standard InChI is InChI=1S/C9H22N2Si.Li.H/c1-5-10-6-8-11(9-7-10)12(2,3)4;;/h5-9H2,1-4H3;;/q;+1;-1. The first kappa shape index (κ1) is 13.7. The number of likely N-dealkylation sites (N-methyl/N-ethyl adjacent to an activating group) is 1. The predicted octanol–water partition coefficient (Wildman–Crippen LogP) is -1.42. The SMILES string of the molecule is CCN1CCN([Si](C)(C)C)CC1.[H-].[Li+]. The van der Waals surface area contributed by atoms with Crippen molar-refractivity contribution in [1.82, 2.24) is 9.47 Å². The van der Waals surface area contributed by atoms with Gasteiger partial charge in [0.25, 0.3) is 0 Å². The molecular weight excluding hydrogens is 171 g/mol. The summed E-state index contributed by atoms with van der Waals surface area (Å²) in [7, 11) is -0.992. The van der Waals surface area contributed by atoms with Gasteiger partial charge in [-0.15, -0.1) is 0 Å². The fourth-order valence-electron chi connectivity index (χ4n) is 1.73. The Morgan fingerprint density at radius 1 is 1.08 bits per heavy atom. The summed E-state index contributed by atoms with van der Waals surface area (Å²) in [4.78, 5) is 2.54. The zero-order valence-electron chi connectivity index (χ0n) is 10.9. The molecular formula is C9H23LiN2Si. The molecule has 1 rings (SSSR count). The molecule has 1 fully saturated rings. The van der Waals surface area contributed by atoms with Gasteiger partial charge in [-0.25, -0.2) is 0 Å². The van der Waals surface area contributed by atoms with Crippen molar-refractivity contribution in [1.29, 1.82) is 0 Å². The first-order chi connectivity index (χ1) is 5.54. The van der Waals surface area contributed by atoms with Gasteiger partial charge in [0.15, 0.2) is 0 Å². The van der Waals surface area contributed by atoms with Gasteiger partial charge in [0.1, 0.15) is 8.24 Å². The Balaban J connectivity index is 0. The third-order valence-electron chi connectivity index (χ3n) is 2.77. The van der Waals surface area contributed by atoms with Crippen molar-refractivity contribution in [2.24, 2.45) is 0 Å². The minimum atomic E-state index is -0.992. The van der Waals surface area contributed by atoms with Crippen LogP contribution >= 0.6 is 0 Å². The normalized spacial score (nSPS) is 21.2. The molecule has 0 aromatic carbocycles. The summed E-state index contributed by atoms with van der Waals surface area (Å²) in [5.41, 5.74) is 0. The first-order valence-electron chi connectivity index (χ1n) is 5.01. The fraction of sp³-hybridized carbons (Fsp3) is 1.00. The topological polar surface area (TPSA) is 6.48 Å². The van der Waals surface area contributed by atoms with Gasteiger partial charge in [0.05, 0.1) is 0 Å². The van der Waals surface area contributed by atoms with Crippen LogP contribution < -0.4 is 18.9 Å². The summed E-state index contributed by atoms with van der Waals surface area (Å²) in [6, 6.07) is 0. The molecule has 13 heavy (non-hydrogen) atoms. The molecule has 0 N–H and O–H groups in total. The molecule has 0 aromatic rings. The second-order valence-electron chi connectivity index (χ2n) is 4.59. The maximum absolute atomic E-state index is 2.71. The molecule has 0 saturated carbocycles. The number of rotatable bonds is 2. The number of nitrogens with zero attached hydrogens (tertiary/aromatic N) is 2. The van der Waals surface area contributed by atoms with Crippen LogP contribution in [0.2, 0.25) is 19.6 Å². The summed E-state index contributed by atoms with van der Waals surface area (Å²) in [5.74, 6) is 0. The Morgan fingerprint density at radius 2 is 1.54 bits per heavy atom. The minimum absolute atomic E-state index is 0. The smallest absolute Gasteiger partial charge is 1.00 e. The molecule has 1 aliphatic heterocycles. The Hall–Kier alpha value is 0.734. The monoisotopic (exact) mass is 194 g/mol. The van der Waals surface area contributed by atoms with E-state index >= 15 is 0 Å². The van der Waals surface area contributed by atoms with E-state index in [1.807, 2.05) is 0 Å². The van der Waals surface area contributed by atoms with Crippen LogP contribution in [0.3, 0.4) is 0 Å². The van der Waals surface area contributed by atoms with Gasteiger partial charge in [0.2, 0.25) is 0 Å². The molecule has 0 aromatic heterocycles. The van der Waals surface area contributed by atoms with Gasteiger partial charge in [-0.05, 0) is 6.54 Å². The van der Waals surface area contributed by atoms with Gasteiger partial charge in [-0.3, -0.25) is 0 Å². The minimum Gasteiger partial charge on any atom is -1.00 e. The van der Waals surface area contributed by atoms with Crippen LogP contribution in [-0.2, 0) is 0 Å². The molecule has 0 spiro atoms. The Bertz CT molecular complexity index is 144. The van der Waals surface area contributed by atoms with E-state index < -0.39 is 8.24 Å². The van der Waals surface area contributed by atoms with E-state index in [-0.39, 0.29) is 20.3 Å². The van der Waals surface area contributed by atoms with Crippen molar-refractivity contribution >= 4 is 8.24 Å². The summed E-state index contributed by atoms with van der Waals surface area (Å²) in [6.07, 6.45) is 0. The van der Waals surface area contributed by atoms with Crippen LogP contribution in [0.1, 0.15) is 8.35 Å². The zero-order valence-corrected chi connectivity index (χ0v) is 10.9. The van der Waals surface area contributed by atoms with Crippen molar-refractivity contribution in [2.75, 3.05) is 32.7 Å². The van der Waals surface area contributed by atoms with Crippen LogP contribution in [0.15, 0.2) is 0 Å². The molecule has 0 radical (unpaired) electrons. The molecule has 0 amide bonds. The summed E-state index contributed by atoms with van der Waals surface area (Å²) < 4.78 is 2.71. The number of hydrogen-bond donors (Lipinski definition) is 0. The second-order valence-corrected chi connectivity index (χ2v) is 9.57. The largest absolute Gasteiger partial charge is 1.00 e. The van der Waals surface area contributed by atoms with Gasteiger partial charge < -0.3 is 10.9 Å². The van der Waals surface area contributed by atoms with Crippen LogP contribution in [0, 0.1) is 0 Å². The average molecular weight is 194 g/mol. The molecule has 1 saturated heterocycles. The molecule has 74 valence electrons. The van der Waals surface area contributed by atoms with E-state index in [1.165, 1.54) is 32.7 Å². The van der Waals surface area contributed by atoms with E-state index in [0.717, 1.165) is 0 Å². The van der Waals surface area contributed by atoms with Gasteiger partial charge in [-0.1, -0.05) is 26.6 Å². The average Bonchev–Trinajstić information content (AvgIpc) is 2.03. The zero-order chi connectivity index (χ0) is 9.19.